The lowest BCUT2D eigenvalue weighted by atomic mass is 10.2. The number of rotatable bonds is 5. The van der Waals surface area contributed by atoms with Gasteiger partial charge in [-0.25, -0.2) is 4.98 Å². The molecule has 2 N–H and O–H groups in total. The third-order valence-corrected chi connectivity index (χ3v) is 2.97. The van der Waals surface area contributed by atoms with Crippen LogP contribution in [0.15, 0.2) is 12.3 Å². The first-order valence-corrected chi connectivity index (χ1v) is 6.44. The van der Waals surface area contributed by atoms with Crippen LogP contribution in [0.3, 0.4) is 0 Å². The van der Waals surface area contributed by atoms with E-state index in [1.54, 1.807) is 12.3 Å². The van der Waals surface area contributed by atoms with E-state index in [2.05, 4.69) is 23.7 Å². The monoisotopic (exact) mass is 291 g/mol. The maximum Gasteiger partial charge on any atom is 0.147 e. The van der Waals surface area contributed by atoms with E-state index in [4.69, 9.17) is 41.2 Å². The summed E-state index contributed by atoms with van der Waals surface area (Å²) in [4.78, 5) is 6.80. The van der Waals surface area contributed by atoms with E-state index in [1.165, 1.54) is 0 Å². The first-order valence-electron chi connectivity index (χ1n) is 5.27. The molecule has 0 aliphatic heterocycles. The van der Waals surface area contributed by atoms with Gasteiger partial charge in [-0.3, -0.25) is 0 Å². The van der Waals surface area contributed by atoms with Gasteiger partial charge in [-0.15, -0.1) is 0 Å². The molecule has 0 radical (unpaired) electrons. The number of hydrogen-bond acceptors (Lipinski definition) is 3. The van der Waals surface area contributed by atoms with Crippen molar-refractivity contribution in [3.63, 3.8) is 0 Å². The number of thiocarbonyl (C=S) groups is 1. The second-order valence-electron chi connectivity index (χ2n) is 3.96. The van der Waals surface area contributed by atoms with Crippen LogP contribution in [-0.4, -0.2) is 22.6 Å². The van der Waals surface area contributed by atoms with E-state index in [-0.39, 0.29) is 6.04 Å². The Hall–Kier alpha value is -0.580. The van der Waals surface area contributed by atoms with Crippen LogP contribution in [0.2, 0.25) is 10.0 Å². The highest BCUT2D eigenvalue weighted by Crippen LogP contribution is 2.27. The van der Waals surface area contributed by atoms with Crippen molar-refractivity contribution >= 4 is 46.2 Å². The minimum Gasteiger partial charge on any atom is -0.393 e. The molecule has 1 heterocycles. The van der Waals surface area contributed by atoms with Gasteiger partial charge in [0.1, 0.15) is 5.82 Å². The molecule has 94 valence electrons. The van der Waals surface area contributed by atoms with Crippen LogP contribution in [0.4, 0.5) is 5.82 Å². The van der Waals surface area contributed by atoms with Gasteiger partial charge in [0.15, 0.2) is 0 Å². The summed E-state index contributed by atoms with van der Waals surface area (Å²) in [6.07, 6.45) is 2.22. The van der Waals surface area contributed by atoms with Crippen LogP contribution in [0, 0.1) is 0 Å². The van der Waals surface area contributed by atoms with Crippen LogP contribution in [-0.2, 0) is 0 Å². The van der Waals surface area contributed by atoms with E-state index in [1.807, 2.05) is 0 Å². The van der Waals surface area contributed by atoms with Crippen molar-refractivity contribution in [3.8, 4) is 0 Å². The zero-order valence-electron chi connectivity index (χ0n) is 9.78. The SMILES string of the molecule is CC(C)N(CCC(N)=S)c1ncc(Cl)cc1Cl. The summed E-state index contributed by atoms with van der Waals surface area (Å²) in [6.45, 7) is 4.82. The molecule has 3 nitrogen and oxygen atoms in total. The van der Waals surface area contributed by atoms with Gasteiger partial charge in [-0.2, -0.15) is 0 Å². The molecular formula is C11H15Cl2N3S. The normalized spacial score (nSPS) is 10.6. The zero-order valence-corrected chi connectivity index (χ0v) is 12.1. The summed E-state index contributed by atoms with van der Waals surface area (Å²) in [6, 6.07) is 1.94. The van der Waals surface area contributed by atoms with E-state index in [9.17, 15) is 0 Å². The quantitative estimate of drug-likeness (QED) is 0.846. The van der Waals surface area contributed by atoms with Crippen LogP contribution in [0.5, 0.6) is 0 Å². The van der Waals surface area contributed by atoms with Crippen molar-refractivity contribution in [3.05, 3.63) is 22.3 Å². The molecule has 1 rings (SSSR count). The van der Waals surface area contributed by atoms with Crippen molar-refractivity contribution in [2.75, 3.05) is 11.4 Å². The Morgan fingerprint density at radius 3 is 2.65 bits per heavy atom. The molecule has 1 aromatic heterocycles. The molecule has 0 bridgehead atoms. The first-order chi connectivity index (χ1) is 7.91. The molecule has 17 heavy (non-hydrogen) atoms. The smallest absolute Gasteiger partial charge is 0.147 e. The first kappa shape index (κ1) is 14.5. The van der Waals surface area contributed by atoms with E-state index in [0.717, 1.165) is 0 Å². The molecule has 0 aliphatic rings. The molecule has 0 unspecified atom stereocenters. The third kappa shape index (κ3) is 4.30. The van der Waals surface area contributed by atoms with Crippen molar-refractivity contribution in [2.24, 2.45) is 5.73 Å². The maximum atomic E-state index is 6.13. The highest BCUT2D eigenvalue weighted by atomic mass is 35.5. The van der Waals surface area contributed by atoms with Gasteiger partial charge in [-0.05, 0) is 19.9 Å². The fourth-order valence-electron chi connectivity index (χ4n) is 1.46. The van der Waals surface area contributed by atoms with Gasteiger partial charge in [0.25, 0.3) is 0 Å². The van der Waals surface area contributed by atoms with Crippen molar-refractivity contribution in [1.82, 2.24) is 4.98 Å². The van der Waals surface area contributed by atoms with Crippen LogP contribution in [0.25, 0.3) is 0 Å². The average Bonchev–Trinajstić information content (AvgIpc) is 2.20. The van der Waals surface area contributed by atoms with E-state index < -0.39 is 0 Å². The lowest BCUT2D eigenvalue weighted by molar-refractivity contribution is 0.681. The Kier molecular flexibility index (Phi) is 5.43. The minimum absolute atomic E-state index is 0.260. The number of aromatic nitrogens is 1. The van der Waals surface area contributed by atoms with Crippen molar-refractivity contribution in [2.45, 2.75) is 26.3 Å². The Labute approximate surface area is 117 Å². The van der Waals surface area contributed by atoms with Gasteiger partial charge in [0.05, 0.1) is 15.0 Å². The topological polar surface area (TPSA) is 42.1 Å². The predicted octanol–water partition coefficient (Wildman–Crippen LogP) is 3.28. The van der Waals surface area contributed by atoms with E-state index in [0.29, 0.717) is 33.8 Å². The maximum absolute atomic E-state index is 6.13. The van der Waals surface area contributed by atoms with E-state index >= 15 is 0 Å². The average molecular weight is 292 g/mol. The van der Waals surface area contributed by atoms with Gasteiger partial charge in [-0.1, -0.05) is 35.4 Å². The number of anilines is 1. The summed E-state index contributed by atoms with van der Waals surface area (Å²) in [5, 5.41) is 1.06. The Morgan fingerprint density at radius 1 is 1.53 bits per heavy atom. The van der Waals surface area contributed by atoms with Crippen molar-refractivity contribution in [1.29, 1.82) is 0 Å². The highest BCUT2D eigenvalue weighted by Gasteiger charge is 2.15. The summed E-state index contributed by atoms with van der Waals surface area (Å²) in [5.74, 6) is 0.710. The molecule has 0 fully saturated rings. The fourth-order valence-corrected chi connectivity index (χ4v) is 2.04. The molecule has 0 saturated heterocycles. The molecule has 0 aromatic carbocycles. The summed E-state index contributed by atoms with van der Waals surface area (Å²) < 4.78 is 0. The number of halogens is 2. The standard InChI is InChI=1S/C11H15Cl2N3S/c1-7(2)16(4-3-10(14)17)11-9(13)5-8(12)6-15-11/h5-7H,3-4H2,1-2H3,(H2,14,17). The predicted molar refractivity (Wildman–Crippen MR) is 78.1 cm³/mol. The molecular weight excluding hydrogens is 277 g/mol. The van der Waals surface area contributed by atoms with Gasteiger partial charge in [0, 0.05) is 25.2 Å². The van der Waals surface area contributed by atoms with Crippen LogP contribution >= 0.6 is 35.4 Å². The van der Waals surface area contributed by atoms with Crippen LogP contribution < -0.4 is 10.6 Å². The lowest BCUT2D eigenvalue weighted by Crippen LogP contribution is -2.34. The van der Waals surface area contributed by atoms with Gasteiger partial charge >= 0.3 is 0 Å². The minimum atomic E-state index is 0.260. The Balaban J connectivity index is 2.93. The highest BCUT2D eigenvalue weighted by molar-refractivity contribution is 7.80. The third-order valence-electron chi connectivity index (χ3n) is 2.28. The molecule has 6 heteroatoms. The zero-order chi connectivity index (χ0) is 13.0. The molecule has 0 atom stereocenters. The number of nitrogens with two attached hydrogens (primary N) is 1. The molecule has 1 aromatic rings. The number of pyridine rings is 1. The molecule has 0 saturated carbocycles. The summed E-state index contributed by atoms with van der Waals surface area (Å²) in [5.41, 5.74) is 5.51. The second-order valence-corrected chi connectivity index (χ2v) is 5.33. The van der Waals surface area contributed by atoms with Crippen LogP contribution in [0.1, 0.15) is 20.3 Å². The molecule has 0 spiro atoms. The van der Waals surface area contributed by atoms with Gasteiger partial charge in [0.2, 0.25) is 0 Å². The number of nitrogens with zero attached hydrogens (tertiary/aromatic N) is 2. The molecule has 0 amide bonds. The second kappa shape index (κ2) is 6.38. The Bertz CT molecular complexity index is 410. The van der Waals surface area contributed by atoms with Crippen molar-refractivity contribution < 1.29 is 0 Å². The Morgan fingerprint density at radius 2 is 2.18 bits per heavy atom. The fraction of sp³-hybridized carbons (Fsp3) is 0.455. The summed E-state index contributed by atoms with van der Waals surface area (Å²) in [7, 11) is 0. The summed E-state index contributed by atoms with van der Waals surface area (Å²) >= 11 is 16.8. The largest absolute Gasteiger partial charge is 0.393 e. The van der Waals surface area contributed by atoms with Gasteiger partial charge < -0.3 is 10.6 Å². The lowest BCUT2D eigenvalue weighted by Gasteiger charge is -2.28. The number of hydrogen-bond donors (Lipinski definition) is 1. The molecule has 0 aliphatic carbocycles.